The van der Waals surface area contributed by atoms with Crippen LogP contribution in [0, 0.1) is 0 Å². The molecule has 15 heteroatoms. The van der Waals surface area contributed by atoms with Crippen LogP contribution in [0.15, 0.2) is 50.6 Å². The lowest BCUT2D eigenvalue weighted by Crippen LogP contribution is -2.46. The second-order valence-corrected chi connectivity index (χ2v) is 9.05. The molecule has 2 aromatic rings. The molecule has 0 saturated carbocycles. The first-order chi connectivity index (χ1) is 14.8. The third-order valence-electron chi connectivity index (χ3n) is 4.72. The van der Waals surface area contributed by atoms with Crippen LogP contribution in [0.1, 0.15) is 11.8 Å². The van der Waals surface area contributed by atoms with Crippen molar-refractivity contribution in [2.24, 2.45) is 0 Å². The Balaban J connectivity index is 1.95. The summed E-state index contributed by atoms with van der Waals surface area (Å²) in [6.07, 6.45) is -5.75. The van der Waals surface area contributed by atoms with Crippen molar-refractivity contribution in [1.82, 2.24) is 9.13 Å². The van der Waals surface area contributed by atoms with E-state index < -0.39 is 68.2 Å². The number of aliphatic hydroxyl groups is 2. The Morgan fingerprint density at radius 1 is 1.16 bits per heavy atom. The average molecular weight is 543 g/mol. The predicted octanol–water partition coefficient (Wildman–Crippen LogP) is 0.293. The van der Waals surface area contributed by atoms with Gasteiger partial charge in [-0.25, -0.2) is 9.36 Å². The molecule has 2 heterocycles. The van der Waals surface area contributed by atoms with Gasteiger partial charge in [0.1, 0.15) is 18.3 Å². The number of ether oxygens (including phenoxy) is 1. The van der Waals surface area contributed by atoms with Crippen LogP contribution in [0.5, 0.6) is 0 Å². The van der Waals surface area contributed by atoms with Gasteiger partial charge in [0.25, 0.3) is 11.5 Å². The smallest absolute Gasteiger partial charge is 0.387 e. The molecular formula is C17H18BrF2N2O9P. The van der Waals surface area contributed by atoms with Crippen molar-refractivity contribution < 1.29 is 42.6 Å². The number of aromatic nitrogens is 2. The summed E-state index contributed by atoms with van der Waals surface area (Å²) in [6, 6.07) is 6.53. The van der Waals surface area contributed by atoms with Gasteiger partial charge < -0.3 is 24.7 Å². The first kappa shape index (κ1) is 24.9. The standard InChI is InChI=1S/C17H18BrF2N2O9P/c18-10-6-21(15-13(24)12(23)11(31-15)7-30-32(27,28)29)16(26)22(14(10)25)8-17(19,20)9-4-2-1-3-5-9/h1-6,11-13,15,23-24H,7-8H2,(H2,27,28,29)/t11-,12+,13?,15-/m1/s1. The lowest BCUT2D eigenvalue weighted by molar-refractivity contribution is -0.0571. The van der Waals surface area contributed by atoms with E-state index in [1.54, 1.807) is 0 Å². The predicted molar refractivity (Wildman–Crippen MR) is 107 cm³/mol. The number of hydrogen-bond donors (Lipinski definition) is 4. The Morgan fingerprint density at radius 3 is 2.38 bits per heavy atom. The van der Waals surface area contributed by atoms with Gasteiger partial charge in [-0.15, -0.1) is 0 Å². The van der Waals surface area contributed by atoms with Gasteiger partial charge in [-0.05, 0) is 15.9 Å². The summed E-state index contributed by atoms with van der Waals surface area (Å²) < 4.78 is 50.4. The van der Waals surface area contributed by atoms with Crippen LogP contribution in [0.2, 0.25) is 0 Å². The zero-order valence-corrected chi connectivity index (χ0v) is 18.5. The van der Waals surface area contributed by atoms with E-state index >= 15 is 0 Å². The van der Waals surface area contributed by atoms with Crippen molar-refractivity contribution >= 4 is 23.8 Å². The van der Waals surface area contributed by atoms with Gasteiger partial charge in [-0.2, -0.15) is 8.78 Å². The Morgan fingerprint density at radius 2 is 1.78 bits per heavy atom. The number of aliphatic hydroxyl groups excluding tert-OH is 2. The van der Waals surface area contributed by atoms with Crippen molar-refractivity contribution in [2.75, 3.05) is 6.61 Å². The number of nitrogens with zero attached hydrogens (tertiary/aromatic N) is 2. The highest BCUT2D eigenvalue weighted by Crippen LogP contribution is 2.38. The molecule has 1 aromatic heterocycles. The van der Waals surface area contributed by atoms with Crippen LogP contribution < -0.4 is 11.2 Å². The van der Waals surface area contributed by atoms with Crippen LogP contribution in [0.4, 0.5) is 8.78 Å². The Kier molecular flexibility index (Phi) is 7.17. The highest BCUT2D eigenvalue weighted by Gasteiger charge is 2.45. The van der Waals surface area contributed by atoms with E-state index in [0.717, 1.165) is 18.3 Å². The fourth-order valence-electron chi connectivity index (χ4n) is 3.15. The number of rotatable bonds is 7. The molecule has 1 aliphatic heterocycles. The second-order valence-electron chi connectivity index (χ2n) is 6.96. The van der Waals surface area contributed by atoms with Gasteiger partial charge in [-0.3, -0.25) is 18.5 Å². The van der Waals surface area contributed by atoms with Crippen molar-refractivity contribution in [1.29, 1.82) is 0 Å². The maximum Gasteiger partial charge on any atom is 0.469 e. The molecule has 0 aliphatic carbocycles. The van der Waals surface area contributed by atoms with E-state index in [9.17, 15) is 33.1 Å². The monoisotopic (exact) mass is 542 g/mol. The zero-order valence-electron chi connectivity index (χ0n) is 16.0. The molecule has 0 bridgehead atoms. The highest BCUT2D eigenvalue weighted by molar-refractivity contribution is 9.10. The average Bonchev–Trinajstić information content (AvgIpc) is 3.01. The van der Waals surface area contributed by atoms with E-state index in [0.29, 0.717) is 4.57 Å². The lowest BCUT2D eigenvalue weighted by Gasteiger charge is -2.22. The molecule has 4 N–H and O–H groups in total. The molecule has 1 aromatic carbocycles. The SMILES string of the molecule is O=c1c(Br)cn([C@@H]2O[C@H](COP(=O)(O)O)[C@H](O)C2O)c(=O)n1CC(F)(F)c1ccccc1. The van der Waals surface area contributed by atoms with Crippen LogP contribution in [0.25, 0.3) is 0 Å². The van der Waals surface area contributed by atoms with Crippen molar-refractivity contribution in [2.45, 2.75) is 37.0 Å². The maximum atomic E-state index is 14.7. The van der Waals surface area contributed by atoms with Gasteiger partial charge in [0, 0.05) is 11.8 Å². The van der Waals surface area contributed by atoms with Crippen LogP contribution in [0.3, 0.4) is 0 Å². The molecular weight excluding hydrogens is 525 g/mol. The number of halogens is 3. The maximum absolute atomic E-state index is 14.7. The molecule has 4 atom stereocenters. The number of phosphoric ester groups is 1. The summed E-state index contributed by atoms with van der Waals surface area (Å²) in [7, 11) is -4.92. The summed E-state index contributed by atoms with van der Waals surface area (Å²) in [4.78, 5) is 42.8. The fraction of sp³-hybridized carbons (Fsp3) is 0.412. The fourth-order valence-corrected chi connectivity index (χ4v) is 3.92. The third kappa shape index (κ3) is 5.24. The van der Waals surface area contributed by atoms with Gasteiger partial charge in [0.05, 0.1) is 17.6 Å². The minimum Gasteiger partial charge on any atom is -0.387 e. The molecule has 1 unspecified atom stereocenters. The summed E-state index contributed by atoms with van der Waals surface area (Å²) in [5, 5.41) is 20.3. The molecule has 0 radical (unpaired) electrons. The minimum absolute atomic E-state index is 0.249. The third-order valence-corrected chi connectivity index (χ3v) is 5.75. The molecule has 0 amide bonds. The van der Waals surface area contributed by atoms with Crippen molar-refractivity contribution in [3.05, 3.63) is 67.4 Å². The minimum atomic E-state index is -4.92. The molecule has 3 rings (SSSR count). The number of benzene rings is 1. The number of alkyl halides is 2. The lowest BCUT2D eigenvalue weighted by atomic mass is 10.1. The van der Waals surface area contributed by atoms with Crippen LogP contribution >= 0.6 is 23.8 Å². The van der Waals surface area contributed by atoms with Crippen molar-refractivity contribution in [3.63, 3.8) is 0 Å². The summed E-state index contributed by atoms with van der Waals surface area (Å²) in [5.74, 6) is -3.60. The van der Waals surface area contributed by atoms with E-state index in [1.165, 1.54) is 18.2 Å². The molecule has 0 spiro atoms. The molecule has 176 valence electrons. The van der Waals surface area contributed by atoms with Gasteiger partial charge >= 0.3 is 13.5 Å². The normalized spacial score (nSPS) is 24.1. The molecule has 32 heavy (non-hydrogen) atoms. The highest BCUT2D eigenvalue weighted by atomic mass is 79.9. The first-order valence-electron chi connectivity index (χ1n) is 8.98. The quantitative estimate of drug-likeness (QED) is 0.360. The zero-order chi connectivity index (χ0) is 23.8. The number of hydrogen-bond acceptors (Lipinski definition) is 7. The van der Waals surface area contributed by atoms with Gasteiger partial charge in [0.15, 0.2) is 6.23 Å². The molecule has 1 aliphatic rings. The van der Waals surface area contributed by atoms with E-state index in [2.05, 4.69) is 20.5 Å². The van der Waals surface area contributed by atoms with Crippen LogP contribution in [-0.2, 0) is 26.3 Å². The van der Waals surface area contributed by atoms with E-state index in [-0.39, 0.29) is 9.04 Å². The Labute approximate surface area is 186 Å². The van der Waals surface area contributed by atoms with E-state index in [4.69, 9.17) is 14.5 Å². The Hall–Kier alpha value is -1.77. The summed E-state index contributed by atoms with van der Waals surface area (Å²) >= 11 is 2.88. The van der Waals surface area contributed by atoms with Gasteiger partial charge in [-0.1, -0.05) is 30.3 Å². The molecule has 1 saturated heterocycles. The topological polar surface area (TPSA) is 160 Å². The Bertz CT molecular complexity index is 1140. The van der Waals surface area contributed by atoms with E-state index in [1.807, 2.05) is 0 Å². The summed E-state index contributed by atoms with van der Waals surface area (Å²) in [5.41, 5.74) is -2.75. The van der Waals surface area contributed by atoms with Gasteiger partial charge in [0.2, 0.25) is 0 Å². The molecule has 1 fully saturated rings. The van der Waals surface area contributed by atoms with Crippen LogP contribution in [-0.4, -0.2) is 54.1 Å². The summed E-state index contributed by atoms with van der Waals surface area (Å²) in [6.45, 7) is -2.15. The van der Waals surface area contributed by atoms with Crippen molar-refractivity contribution in [3.8, 4) is 0 Å². The number of phosphoric acid groups is 1. The molecule has 11 nitrogen and oxygen atoms in total. The second kappa shape index (κ2) is 9.23. The largest absolute Gasteiger partial charge is 0.469 e. The first-order valence-corrected chi connectivity index (χ1v) is 11.3.